The van der Waals surface area contributed by atoms with Crippen LogP contribution < -0.4 is 4.74 Å². The Kier molecular flexibility index (Phi) is 5.62. The molecule has 1 aromatic rings. The first-order valence-electron chi connectivity index (χ1n) is 5.72. The van der Waals surface area contributed by atoms with Gasteiger partial charge in [-0.15, -0.1) is 0 Å². The van der Waals surface area contributed by atoms with E-state index in [0.717, 1.165) is 28.7 Å². The van der Waals surface area contributed by atoms with Gasteiger partial charge in [-0.05, 0) is 41.0 Å². The van der Waals surface area contributed by atoms with Crippen molar-refractivity contribution in [1.82, 2.24) is 4.98 Å². The molecule has 0 saturated carbocycles. The van der Waals surface area contributed by atoms with Crippen LogP contribution in [0, 0.1) is 6.92 Å². The van der Waals surface area contributed by atoms with Gasteiger partial charge < -0.3 is 9.47 Å². The third-order valence-electron chi connectivity index (χ3n) is 2.25. The van der Waals surface area contributed by atoms with E-state index in [9.17, 15) is 0 Å². The number of halogens is 1. The SMILES string of the molecule is Cc1ccc(OCOCC[Si](C)(C)C)c(Br)n1. The van der Waals surface area contributed by atoms with Gasteiger partial charge in [0.15, 0.2) is 12.5 Å². The van der Waals surface area contributed by atoms with Crippen molar-refractivity contribution in [3.63, 3.8) is 0 Å². The summed E-state index contributed by atoms with van der Waals surface area (Å²) in [6.45, 7) is 9.99. The fraction of sp³-hybridized carbons (Fsp3) is 0.583. The molecule has 0 aliphatic carbocycles. The molecule has 0 saturated heterocycles. The predicted octanol–water partition coefficient (Wildman–Crippen LogP) is 3.84. The first-order valence-corrected chi connectivity index (χ1v) is 10.2. The van der Waals surface area contributed by atoms with Crippen LogP contribution in [0.15, 0.2) is 16.7 Å². The molecule has 1 heterocycles. The van der Waals surface area contributed by atoms with Crippen LogP contribution in [0.5, 0.6) is 5.75 Å². The summed E-state index contributed by atoms with van der Waals surface area (Å²) in [7, 11) is -1.01. The molecule has 0 radical (unpaired) electrons. The van der Waals surface area contributed by atoms with Crippen molar-refractivity contribution in [3.8, 4) is 5.75 Å². The maximum Gasteiger partial charge on any atom is 0.189 e. The minimum atomic E-state index is -1.01. The Bertz CT molecular complexity index is 366. The summed E-state index contributed by atoms with van der Waals surface area (Å²) in [6.07, 6.45) is 0. The highest BCUT2D eigenvalue weighted by atomic mass is 79.9. The summed E-state index contributed by atoms with van der Waals surface area (Å²) >= 11 is 3.36. The molecule has 17 heavy (non-hydrogen) atoms. The van der Waals surface area contributed by atoms with Gasteiger partial charge in [0.2, 0.25) is 0 Å². The van der Waals surface area contributed by atoms with Gasteiger partial charge in [-0.2, -0.15) is 0 Å². The van der Waals surface area contributed by atoms with E-state index >= 15 is 0 Å². The lowest BCUT2D eigenvalue weighted by Gasteiger charge is -2.15. The molecule has 0 bridgehead atoms. The van der Waals surface area contributed by atoms with Crippen molar-refractivity contribution in [2.75, 3.05) is 13.4 Å². The largest absolute Gasteiger partial charge is 0.465 e. The number of ether oxygens (including phenoxy) is 2. The molecule has 0 fully saturated rings. The maximum atomic E-state index is 5.49. The van der Waals surface area contributed by atoms with Gasteiger partial charge in [-0.25, -0.2) is 4.98 Å². The van der Waals surface area contributed by atoms with Gasteiger partial charge in [0, 0.05) is 20.4 Å². The standard InChI is InChI=1S/C12H20BrNO2Si/c1-10-5-6-11(12(13)14-10)16-9-15-7-8-17(2,3)4/h5-6H,7-9H2,1-4H3. The highest BCUT2D eigenvalue weighted by molar-refractivity contribution is 9.10. The minimum Gasteiger partial charge on any atom is -0.465 e. The van der Waals surface area contributed by atoms with E-state index in [0.29, 0.717) is 0 Å². The Morgan fingerprint density at radius 2 is 2.00 bits per heavy atom. The van der Waals surface area contributed by atoms with Crippen LogP contribution in [0.1, 0.15) is 5.69 Å². The number of pyridine rings is 1. The molecule has 0 N–H and O–H groups in total. The Balaban J connectivity index is 2.27. The van der Waals surface area contributed by atoms with Gasteiger partial charge in [-0.1, -0.05) is 19.6 Å². The van der Waals surface area contributed by atoms with Crippen LogP contribution in [0.25, 0.3) is 0 Å². The molecule has 0 aromatic carbocycles. The van der Waals surface area contributed by atoms with Crippen molar-refractivity contribution in [3.05, 3.63) is 22.4 Å². The van der Waals surface area contributed by atoms with Gasteiger partial charge in [0.05, 0.1) is 0 Å². The Hall–Kier alpha value is -0.393. The summed E-state index contributed by atoms with van der Waals surface area (Å²) in [5.74, 6) is 0.726. The molecule has 5 heteroatoms. The third kappa shape index (κ3) is 6.19. The van der Waals surface area contributed by atoms with E-state index in [-0.39, 0.29) is 6.79 Å². The lowest BCUT2D eigenvalue weighted by Crippen LogP contribution is -2.22. The molecular formula is C12H20BrNO2Si. The lowest BCUT2D eigenvalue weighted by atomic mass is 10.4. The molecule has 0 atom stereocenters. The Morgan fingerprint density at radius 3 is 2.59 bits per heavy atom. The van der Waals surface area contributed by atoms with E-state index in [1.165, 1.54) is 0 Å². The second-order valence-corrected chi connectivity index (χ2v) is 11.6. The average Bonchev–Trinajstić information content (AvgIpc) is 2.18. The second-order valence-electron chi connectivity index (χ2n) is 5.22. The van der Waals surface area contributed by atoms with Crippen molar-refractivity contribution >= 4 is 24.0 Å². The zero-order valence-electron chi connectivity index (χ0n) is 10.9. The number of aryl methyl sites for hydroxylation is 1. The van der Waals surface area contributed by atoms with Crippen LogP contribution in [0.4, 0.5) is 0 Å². The number of rotatable bonds is 6. The van der Waals surface area contributed by atoms with Crippen LogP contribution >= 0.6 is 15.9 Å². The second kappa shape index (κ2) is 6.52. The lowest BCUT2D eigenvalue weighted by molar-refractivity contribution is 0.0213. The highest BCUT2D eigenvalue weighted by Gasteiger charge is 2.12. The fourth-order valence-electron chi connectivity index (χ4n) is 1.16. The topological polar surface area (TPSA) is 31.4 Å². The summed E-state index contributed by atoms with van der Waals surface area (Å²) < 4.78 is 11.7. The molecule has 96 valence electrons. The molecule has 1 rings (SSSR count). The monoisotopic (exact) mass is 317 g/mol. The number of hydrogen-bond donors (Lipinski definition) is 0. The summed E-state index contributed by atoms with van der Waals surface area (Å²) in [5.41, 5.74) is 0.962. The number of hydrogen-bond acceptors (Lipinski definition) is 3. The van der Waals surface area contributed by atoms with E-state index in [1.54, 1.807) is 0 Å². The van der Waals surface area contributed by atoms with Crippen LogP contribution in [0.2, 0.25) is 25.7 Å². The molecule has 0 aliphatic rings. The van der Waals surface area contributed by atoms with Crippen LogP contribution in [0.3, 0.4) is 0 Å². The zero-order chi connectivity index (χ0) is 12.9. The predicted molar refractivity (Wildman–Crippen MR) is 76.3 cm³/mol. The smallest absolute Gasteiger partial charge is 0.189 e. The molecule has 1 aromatic heterocycles. The Labute approximate surface area is 113 Å². The van der Waals surface area contributed by atoms with E-state index in [4.69, 9.17) is 9.47 Å². The van der Waals surface area contributed by atoms with Crippen LogP contribution in [-0.4, -0.2) is 26.5 Å². The summed E-state index contributed by atoms with van der Waals surface area (Å²) in [6, 6.07) is 4.97. The van der Waals surface area contributed by atoms with E-state index < -0.39 is 8.07 Å². The van der Waals surface area contributed by atoms with E-state index in [2.05, 4.69) is 40.6 Å². The van der Waals surface area contributed by atoms with Crippen LogP contribution in [-0.2, 0) is 4.74 Å². The first kappa shape index (κ1) is 14.7. The van der Waals surface area contributed by atoms with Gasteiger partial charge in [-0.3, -0.25) is 0 Å². The molecule has 0 spiro atoms. The number of nitrogens with zero attached hydrogens (tertiary/aromatic N) is 1. The Morgan fingerprint density at radius 1 is 1.29 bits per heavy atom. The molecule has 3 nitrogen and oxygen atoms in total. The summed E-state index contributed by atoms with van der Waals surface area (Å²) in [4.78, 5) is 4.25. The van der Waals surface area contributed by atoms with Crippen molar-refractivity contribution in [2.24, 2.45) is 0 Å². The van der Waals surface area contributed by atoms with Crippen molar-refractivity contribution < 1.29 is 9.47 Å². The minimum absolute atomic E-state index is 0.286. The molecule has 0 amide bonds. The maximum absolute atomic E-state index is 5.49. The van der Waals surface area contributed by atoms with Crippen molar-refractivity contribution in [1.29, 1.82) is 0 Å². The molecular weight excluding hydrogens is 298 g/mol. The van der Waals surface area contributed by atoms with Gasteiger partial charge in [0.25, 0.3) is 0 Å². The molecule has 0 aliphatic heterocycles. The summed E-state index contributed by atoms with van der Waals surface area (Å²) in [5, 5.41) is 0. The third-order valence-corrected chi connectivity index (χ3v) is 4.52. The van der Waals surface area contributed by atoms with Crippen molar-refractivity contribution in [2.45, 2.75) is 32.6 Å². The fourth-order valence-corrected chi connectivity index (χ4v) is 2.45. The normalized spacial score (nSPS) is 11.6. The quantitative estimate of drug-likeness (QED) is 0.346. The average molecular weight is 318 g/mol. The molecule has 0 unspecified atom stereocenters. The van der Waals surface area contributed by atoms with Gasteiger partial charge in [0.1, 0.15) is 4.60 Å². The van der Waals surface area contributed by atoms with Gasteiger partial charge >= 0.3 is 0 Å². The number of aromatic nitrogens is 1. The first-order chi connectivity index (χ1) is 7.88. The zero-order valence-corrected chi connectivity index (χ0v) is 13.5. The van der Waals surface area contributed by atoms with E-state index in [1.807, 2.05) is 19.1 Å². The highest BCUT2D eigenvalue weighted by Crippen LogP contribution is 2.22.